The van der Waals surface area contributed by atoms with Crippen molar-refractivity contribution in [2.24, 2.45) is 0 Å². The molecule has 9 heteroatoms. The molecule has 0 aliphatic carbocycles. The summed E-state index contributed by atoms with van der Waals surface area (Å²) in [5.41, 5.74) is 0.693. The van der Waals surface area contributed by atoms with Crippen LogP contribution < -0.4 is 4.90 Å². The van der Waals surface area contributed by atoms with E-state index in [1.807, 2.05) is 17.0 Å². The molecule has 0 spiro atoms. The molecule has 1 amide bonds. The zero-order valence-corrected chi connectivity index (χ0v) is 19.3. The second kappa shape index (κ2) is 8.85. The van der Waals surface area contributed by atoms with Gasteiger partial charge in [-0.05, 0) is 40.6 Å². The maximum Gasteiger partial charge on any atom is 0.246 e. The number of hydrogen-bond donors (Lipinski definition) is 1. The lowest BCUT2D eigenvalue weighted by Crippen LogP contribution is -2.48. The minimum absolute atomic E-state index is 0.00803. The van der Waals surface area contributed by atoms with Gasteiger partial charge in [0.05, 0.1) is 5.02 Å². The van der Waals surface area contributed by atoms with Crippen molar-refractivity contribution in [1.82, 2.24) is 14.9 Å². The summed E-state index contributed by atoms with van der Waals surface area (Å²) in [5, 5.41) is 21.4. The van der Waals surface area contributed by atoms with Gasteiger partial charge in [0.2, 0.25) is 11.7 Å². The van der Waals surface area contributed by atoms with Gasteiger partial charge < -0.3 is 14.9 Å². The lowest BCUT2D eigenvalue weighted by Gasteiger charge is -2.35. The van der Waals surface area contributed by atoms with E-state index in [4.69, 9.17) is 11.6 Å². The molecule has 4 aromatic rings. The van der Waals surface area contributed by atoms with Gasteiger partial charge in [-0.25, -0.2) is 14.4 Å². The van der Waals surface area contributed by atoms with Gasteiger partial charge in [0.1, 0.15) is 23.2 Å². The summed E-state index contributed by atoms with van der Waals surface area (Å²) >= 11 is 6.65. The number of rotatable bonds is 3. The van der Waals surface area contributed by atoms with Gasteiger partial charge in [0, 0.05) is 37.1 Å². The van der Waals surface area contributed by atoms with Gasteiger partial charge in [0.15, 0.2) is 5.82 Å². The van der Waals surface area contributed by atoms with Gasteiger partial charge >= 0.3 is 0 Å². The number of amides is 1. The first-order valence-corrected chi connectivity index (χ1v) is 11.3. The molecule has 0 saturated carbocycles. The van der Waals surface area contributed by atoms with E-state index in [1.54, 1.807) is 35.2 Å². The average Bonchev–Trinajstić information content (AvgIpc) is 2.87. The summed E-state index contributed by atoms with van der Waals surface area (Å²) in [6.07, 6.45) is 1.27. The third-order valence-corrected chi connectivity index (χ3v) is 6.46. The first-order valence-electron chi connectivity index (χ1n) is 10.9. The highest BCUT2D eigenvalue weighted by Crippen LogP contribution is 2.41. The van der Waals surface area contributed by atoms with Gasteiger partial charge in [-0.3, -0.25) is 4.79 Å². The molecular formula is C26H19ClFN5O2. The summed E-state index contributed by atoms with van der Waals surface area (Å²) in [7, 11) is 0. The van der Waals surface area contributed by atoms with Crippen LogP contribution in [0.4, 0.5) is 10.2 Å². The Kier molecular flexibility index (Phi) is 5.71. The van der Waals surface area contributed by atoms with Crippen LogP contribution >= 0.6 is 11.6 Å². The summed E-state index contributed by atoms with van der Waals surface area (Å²) in [6, 6.07) is 13.7. The minimum atomic E-state index is -0.659. The molecule has 174 valence electrons. The fourth-order valence-corrected chi connectivity index (χ4v) is 4.77. The highest BCUT2D eigenvalue weighted by Gasteiger charge is 2.26. The van der Waals surface area contributed by atoms with E-state index in [0.717, 1.165) is 5.39 Å². The monoisotopic (exact) mass is 487 g/mol. The number of piperazine rings is 1. The molecule has 1 aliphatic rings. The summed E-state index contributed by atoms with van der Waals surface area (Å²) in [6.45, 7) is 5.30. The van der Waals surface area contributed by atoms with Crippen LogP contribution in [0.25, 0.3) is 32.8 Å². The normalized spacial score (nSPS) is 13.7. The number of carbonyl (C=O) groups excluding carboxylic acids is 1. The maximum atomic E-state index is 16.1. The van der Waals surface area contributed by atoms with E-state index < -0.39 is 5.82 Å². The molecule has 1 aromatic heterocycles. The van der Waals surface area contributed by atoms with Crippen molar-refractivity contribution >= 4 is 45.0 Å². The molecule has 5 rings (SSSR count). The van der Waals surface area contributed by atoms with Crippen LogP contribution in [0.1, 0.15) is 5.82 Å². The van der Waals surface area contributed by atoms with Crippen molar-refractivity contribution in [3.8, 4) is 22.9 Å². The lowest BCUT2D eigenvalue weighted by molar-refractivity contribution is -0.126. The number of anilines is 1. The number of carbonyl (C=O) groups is 1. The second-order valence-corrected chi connectivity index (χ2v) is 8.56. The molecule has 0 radical (unpaired) electrons. The Balaban J connectivity index is 1.67. The molecule has 3 aromatic carbocycles. The molecule has 2 heterocycles. The topological polar surface area (TPSA) is 93.4 Å². The molecule has 0 atom stereocenters. The van der Waals surface area contributed by atoms with E-state index >= 15 is 4.39 Å². The number of hydrogen-bond acceptors (Lipinski definition) is 6. The molecule has 1 fully saturated rings. The first kappa shape index (κ1) is 22.6. The van der Waals surface area contributed by atoms with Crippen LogP contribution in [0, 0.1) is 17.1 Å². The van der Waals surface area contributed by atoms with Crippen molar-refractivity contribution in [3.63, 3.8) is 0 Å². The first-order chi connectivity index (χ1) is 16.9. The van der Waals surface area contributed by atoms with Crippen LogP contribution in [-0.2, 0) is 4.79 Å². The molecule has 0 bridgehead atoms. The number of nitriles is 1. The summed E-state index contributed by atoms with van der Waals surface area (Å²) < 4.78 is 16.1. The van der Waals surface area contributed by atoms with Gasteiger partial charge in [-0.2, -0.15) is 5.26 Å². The van der Waals surface area contributed by atoms with Gasteiger partial charge in [-0.1, -0.05) is 42.4 Å². The predicted octanol–water partition coefficient (Wildman–Crippen LogP) is 4.65. The number of phenolic OH excluding ortho intramolecular Hbond substituents is 1. The summed E-state index contributed by atoms with van der Waals surface area (Å²) in [4.78, 5) is 24.0. The Bertz CT molecular complexity index is 1560. The number of benzene rings is 3. The quantitative estimate of drug-likeness (QED) is 0.423. The average molecular weight is 488 g/mol. The third kappa shape index (κ3) is 3.90. The van der Waals surface area contributed by atoms with Crippen molar-refractivity contribution in [2.75, 3.05) is 31.1 Å². The fraction of sp³-hybridized carbons (Fsp3) is 0.154. The number of halogens is 2. The molecule has 35 heavy (non-hydrogen) atoms. The smallest absolute Gasteiger partial charge is 0.246 e. The van der Waals surface area contributed by atoms with Gasteiger partial charge in [-0.15, -0.1) is 0 Å². The molecular weight excluding hydrogens is 469 g/mol. The zero-order chi connectivity index (χ0) is 24.7. The van der Waals surface area contributed by atoms with E-state index in [9.17, 15) is 15.2 Å². The van der Waals surface area contributed by atoms with Crippen LogP contribution in [0.15, 0.2) is 55.1 Å². The Morgan fingerprint density at radius 3 is 2.63 bits per heavy atom. The Labute approximate surface area is 205 Å². The van der Waals surface area contributed by atoms with Crippen LogP contribution in [0.3, 0.4) is 0 Å². The lowest BCUT2D eigenvalue weighted by atomic mass is 9.96. The van der Waals surface area contributed by atoms with Crippen LogP contribution in [0.2, 0.25) is 5.02 Å². The summed E-state index contributed by atoms with van der Waals surface area (Å²) in [5.74, 6) is -0.476. The Morgan fingerprint density at radius 2 is 1.91 bits per heavy atom. The number of nitrogens with zero attached hydrogens (tertiary/aromatic N) is 5. The Hall–Kier alpha value is -4.22. The largest absolute Gasteiger partial charge is 0.508 e. The van der Waals surface area contributed by atoms with Crippen LogP contribution in [0.5, 0.6) is 5.75 Å². The van der Waals surface area contributed by atoms with E-state index in [0.29, 0.717) is 48.3 Å². The molecule has 1 saturated heterocycles. The zero-order valence-electron chi connectivity index (χ0n) is 18.5. The minimum Gasteiger partial charge on any atom is -0.508 e. The van der Waals surface area contributed by atoms with E-state index in [2.05, 4.69) is 16.5 Å². The standard InChI is InChI=1S/C26H19ClFN5O2/c1-2-22(35)32-8-10-33(11-9-32)26-19-13-20(27)23(24(28)25(19)30-21(14-29)31-26)18-5-3-4-15-12-16(34)6-7-17(15)18/h2-7,12-13,34H,1,8-11H2. The number of phenols is 1. The number of aromatic nitrogens is 2. The van der Waals surface area contributed by atoms with Crippen molar-refractivity contribution < 1.29 is 14.3 Å². The highest BCUT2D eigenvalue weighted by atomic mass is 35.5. The van der Waals surface area contributed by atoms with Crippen molar-refractivity contribution in [3.05, 3.63) is 71.8 Å². The van der Waals surface area contributed by atoms with Crippen molar-refractivity contribution in [1.29, 1.82) is 5.26 Å². The second-order valence-electron chi connectivity index (χ2n) is 8.15. The highest BCUT2D eigenvalue weighted by molar-refractivity contribution is 6.35. The fourth-order valence-electron chi connectivity index (χ4n) is 4.47. The van der Waals surface area contributed by atoms with E-state index in [1.165, 1.54) is 12.1 Å². The third-order valence-electron chi connectivity index (χ3n) is 6.16. The van der Waals surface area contributed by atoms with Crippen LogP contribution in [-0.4, -0.2) is 52.1 Å². The molecule has 1 N–H and O–H groups in total. The maximum absolute atomic E-state index is 16.1. The molecule has 1 aliphatic heterocycles. The predicted molar refractivity (Wildman–Crippen MR) is 133 cm³/mol. The number of fused-ring (bicyclic) bond motifs is 2. The SMILES string of the molecule is C=CC(=O)N1CCN(c2nc(C#N)nc3c(F)c(-c4cccc5cc(O)ccc45)c(Cl)cc23)CC1. The number of aromatic hydroxyl groups is 1. The molecule has 0 unspecified atom stereocenters. The van der Waals surface area contributed by atoms with Gasteiger partial charge in [0.25, 0.3) is 0 Å². The van der Waals surface area contributed by atoms with Crippen molar-refractivity contribution in [2.45, 2.75) is 0 Å². The Morgan fingerprint density at radius 1 is 1.14 bits per heavy atom. The van der Waals surface area contributed by atoms with E-state index in [-0.39, 0.29) is 33.6 Å². The molecule has 7 nitrogen and oxygen atoms in total.